The summed E-state index contributed by atoms with van der Waals surface area (Å²) in [5.74, 6) is 0.130. The largest absolute Gasteiger partial charge is 0.215 e. The zero-order valence-electron chi connectivity index (χ0n) is 12.2. The second-order valence-electron chi connectivity index (χ2n) is 5.18. The van der Waals surface area contributed by atoms with E-state index in [-0.39, 0.29) is 5.75 Å². The number of sulfonamides is 1. The van der Waals surface area contributed by atoms with E-state index in [2.05, 4.69) is 4.72 Å². The van der Waals surface area contributed by atoms with E-state index >= 15 is 0 Å². The number of rotatable bonds is 7. The van der Waals surface area contributed by atoms with Crippen LogP contribution < -0.4 is 4.72 Å². The van der Waals surface area contributed by atoms with Gasteiger partial charge in [-0.15, -0.1) is 0 Å². The molecule has 0 aromatic heterocycles. The van der Waals surface area contributed by atoms with Gasteiger partial charge in [0.15, 0.2) is 0 Å². The minimum atomic E-state index is -3.21. The Kier molecular flexibility index (Phi) is 5.53. The first kappa shape index (κ1) is 15.7. The Bertz CT molecular complexity index is 649. The van der Waals surface area contributed by atoms with Crippen LogP contribution in [0.2, 0.25) is 0 Å². The average Bonchev–Trinajstić information content (AvgIpc) is 2.48. The van der Waals surface area contributed by atoms with Gasteiger partial charge in [-0.05, 0) is 30.9 Å². The Morgan fingerprint density at radius 3 is 2.14 bits per heavy atom. The molecule has 0 aliphatic carbocycles. The van der Waals surface area contributed by atoms with Crippen molar-refractivity contribution < 1.29 is 8.42 Å². The summed E-state index contributed by atoms with van der Waals surface area (Å²) in [4.78, 5) is 0. The minimum Gasteiger partial charge on any atom is -0.215 e. The first-order valence-corrected chi connectivity index (χ1v) is 8.77. The maximum absolute atomic E-state index is 11.9. The van der Waals surface area contributed by atoms with Crippen molar-refractivity contribution in [2.45, 2.75) is 19.8 Å². The van der Waals surface area contributed by atoms with E-state index in [1.54, 1.807) is 0 Å². The molecule has 0 atom stereocenters. The van der Waals surface area contributed by atoms with Gasteiger partial charge in [0.25, 0.3) is 0 Å². The fourth-order valence-corrected chi connectivity index (χ4v) is 3.14. The molecule has 0 aliphatic heterocycles. The van der Waals surface area contributed by atoms with Gasteiger partial charge in [-0.3, -0.25) is 0 Å². The summed E-state index contributed by atoms with van der Waals surface area (Å²) in [5.41, 5.74) is 3.40. The van der Waals surface area contributed by atoms with E-state index in [4.69, 9.17) is 0 Å². The van der Waals surface area contributed by atoms with Gasteiger partial charge < -0.3 is 0 Å². The van der Waals surface area contributed by atoms with Gasteiger partial charge in [-0.2, -0.15) is 0 Å². The van der Waals surface area contributed by atoms with Crippen LogP contribution in [-0.4, -0.2) is 20.7 Å². The van der Waals surface area contributed by atoms with Crippen LogP contribution in [0.4, 0.5) is 0 Å². The van der Waals surface area contributed by atoms with Gasteiger partial charge in [0.05, 0.1) is 5.75 Å². The molecule has 21 heavy (non-hydrogen) atoms. The summed E-state index contributed by atoms with van der Waals surface area (Å²) in [6, 6.07) is 17.8. The van der Waals surface area contributed by atoms with Crippen molar-refractivity contribution in [2.24, 2.45) is 0 Å². The highest BCUT2D eigenvalue weighted by molar-refractivity contribution is 7.89. The smallest absolute Gasteiger partial charge is 0.211 e. The maximum Gasteiger partial charge on any atom is 0.211 e. The standard InChI is InChI=1S/C17H21NO2S/c1-15-7-9-17(10-8-15)11-13-18-21(19,20)14-12-16-5-3-2-4-6-16/h2-10,18H,11-14H2,1H3. The lowest BCUT2D eigenvalue weighted by molar-refractivity contribution is 0.581. The molecular weight excluding hydrogens is 282 g/mol. The molecule has 0 aliphatic rings. The van der Waals surface area contributed by atoms with Crippen LogP contribution in [0.15, 0.2) is 54.6 Å². The molecule has 0 saturated carbocycles. The predicted octanol–water partition coefficient (Wildman–Crippen LogP) is 2.70. The van der Waals surface area contributed by atoms with Crippen LogP contribution in [0.25, 0.3) is 0 Å². The molecule has 0 saturated heterocycles. The van der Waals surface area contributed by atoms with Gasteiger partial charge in [-0.1, -0.05) is 60.2 Å². The monoisotopic (exact) mass is 303 g/mol. The predicted molar refractivity (Wildman–Crippen MR) is 86.8 cm³/mol. The molecule has 4 heteroatoms. The summed E-state index contributed by atoms with van der Waals surface area (Å²) in [7, 11) is -3.21. The van der Waals surface area contributed by atoms with E-state index in [0.29, 0.717) is 19.4 Å². The van der Waals surface area contributed by atoms with E-state index in [9.17, 15) is 8.42 Å². The molecule has 112 valence electrons. The van der Waals surface area contributed by atoms with E-state index in [1.807, 2.05) is 61.5 Å². The second-order valence-corrected chi connectivity index (χ2v) is 7.11. The molecule has 0 heterocycles. The summed E-state index contributed by atoms with van der Waals surface area (Å²) >= 11 is 0. The van der Waals surface area contributed by atoms with Crippen molar-refractivity contribution in [3.8, 4) is 0 Å². The molecule has 2 rings (SSSR count). The molecule has 0 spiro atoms. The molecule has 2 aromatic rings. The lowest BCUT2D eigenvalue weighted by Crippen LogP contribution is -2.29. The summed E-state index contributed by atoms with van der Waals surface area (Å²) in [6.07, 6.45) is 1.26. The van der Waals surface area contributed by atoms with E-state index in [0.717, 1.165) is 11.1 Å². The lowest BCUT2D eigenvalue weighted by Gasteiger charge is -2.07. The third kappa shape index (κ3) is 5.69. The Hall–Kier alpha value is -1.65. The van der Waals surface area contributed by atoms with Crippen molar-refractivity contribution in [2.75, 3.05) is 12.3 Å². The quantitative estimate of drug-likeness (QED) is 0.855. The van der Waals surface area contributed by atoms with Crippen molar-refractivity contribution in [1.29, 1.82) is 0 Å². The SMILES string of the molecule is Cc1ccc(CCNS(=O)(=O)CCc2ccccc2)cc1. The summed E-state index contributed by atoms with van der Waals surface area (Å²) in [6.45, 7) is 2.48. The number of hydrogen-bond donors (Lipinski definition) is 1. The van der Waals surface area contributed by atoms with Gasteiger partial charge >= 0.3 is 0 Å². The first-order chi connectivity index (χ1) is 10.1. The normalized spacial score (nSPS) is 11.5. The van der Waals surface area contributed by atoms with Crippen LogP contribution in [0, 0.1) is 6.92 Å². The van der Waals surface area contributed by atoms with Crippen molar-refractivity contribution >= 4 is 10.0 Å². The molecule has 1 N–H and O–H groups in total. The van der Waals surface area contributed by atoms with Gasteiger partial charge in [0.1, 0.15) is 0 Å². The lowest BCUT2D eigenvalue weighted by atomic mass is 10.1. The summed E-state index contributed by atoms with van der Waals surface area (Å²) < 4.78 is 26.5. The van der Waals surface area contributed by atoms with Gasteiger partial charge in [0.2, 0.25) is 10.0 Å². The molecule has 2 aromatic carbocycles. The van der Waals surface area contributed by atoms with Gasteiger partial charge in [-0.25, -0.2) is 13.1 Å². The second kappa shape index (κ2) is 7.38. The van der Waals surface area contributed by atoms with E-state index in [1.165, 1.54) is 5.56 Å². The molecule has 0 radical (unpaired) electrons. The van der Waals surface area contributed by atoms with Crippen molar-refractivity contribution in [3.05, 3.63) is 71.3 Å². The number of hydrogen-bond acceptors (Lipinski definition) is 2. The van der Waals surface area contributed by atoms with Crippen LogP contribution in [0.3, 0.4) is 0 Å². The first-order valence-electron chi connectivity index (χ1n) is 7.12. The number of nitrogens with one attached hydrogen (secondary N) is 1. The Morgan fingerprint density at radius 2 is 1.48 bits per heavy atom. The van der Waals surface area contributed by atoms with Crippen molar-refractivity contribution in [3.63, 3.8) is 0 Å². The molecule has 3 nitrogen and oxygen atoms in total. The minimum absolute atomic E-state index is 0.130. The van der Waals surface area contributed by atoms with Crippen molar-refractivity contribution in [1.82, 2.24) is 4.72 Å². The highest BCUT2D eigenvalue weighted by atomic mass is 32.2. The number of aryl methyl sites for hydroxylation is 2. The van der Waals surface area contributed by atoms with Crippen LogP contribution in [0.1, 0.15) is 16.7 Å². The van der Waals surface area contributed by atoms with Gasteiger partial charge in [0, 0.05) is 6.54 Å². The fraction of sp³-hybridized carbons (Fsp3) is 0.294. The Morgan fingerprint density at radius 1 is 0.857 bits per heavy atom. The highest BCUT2D eigenvalue weighted by Gasteiger charge is 2.09. The maximum atomic E-state index is 11.9. The van der Waals surface area contributed by atoms with Crippen LogP contribution >= 0.6 is 0 Å². The third-order valence-corrected chi connectivity index (χ3v) is 4.74. The average molecular weight is 303 g/mol. The molecule has 0 bridgehead atoms. The Balaban J connectivity index is 1.77. The third-order valence-electron chi connectivity index (χ3n) is 3.36. The fourth-order valence-electron chi connectivity index (χ4n) is 2.07. The molecule has 0 unspecified atom stereocenters. The highest BCUT2D eigenvalue weighted by Crippen LogP contribution is 2.04. The molecular formula is C17H21NO2S. The molecule has 0 amide bonds. The zero-order chi connectivity index (χ0) is 15.1. The Labute approximate surface area is 127 Å². The van der Waals surface area contributed by atoms with Crippen LogP contribution in [0.5, 0.6) is 0 Å². The number of benzene rings is 2. The zero-order valence-corrected chi connectivity index (χ0v) is 13.1. The topological polar surface area (TPSA) is 46.2 Å². The molecule has 0 fully saturated rings. The van der Waals surface area contributed by atoms with Crippen LogP contribution in [-0.2, 0) is 22.9 Å². The van der Waals surface area contributed by atoms with E-state index < -0.39 is 10.0 Å². The summed E-state index contributed by atoms with van der Waals surface area (Å²) in [5, 5.41) is 0.